The molecule has 0 spiro atoms. The minimum Gasteiger partial charge on any atom is -0.481 e. The van der Waals surface area contributed by atoms with Gasteiger partial charge in [0, 0.05) is 19.0 Å². The average Bonchev–Trinajstić information content (AvgIpc) is 2.29. The van der Waals surface area contributed by atoms with Crippen molar-refractivity contribution in [3.63, 3.8) is 0 Å². The Bertz CT molecular complexity index is 303. The standard InChI is InChI=1S/C14H25NO3/c1-4-5-10(2)8-13(16)15-9-12(14(17)18)7-6-11(15)3/h10-12H,4-9H2,1-3H3,(H,17,18). The monoisotopic (exact) mass is 255 g/mol. The van der Waals surface area contributed by atoms with Crippen molar-refractivity contribution in [3.05, 3.63) is 0 Å². The molecule has 0 bridgehead atoms. The molecule has 0 aliphatic carbocycles. The number of aliphatic carboxylic acids is 1. The number of carboxylic acid groups (broad SMARTS) is 1. The Morgan fingerprint density at radius 1 is 1.39 bits per heavy atom. The first kappa shape index (κ1) is 15.0. The number of amides is 1. The van der Waals surface area contributed by atoms with Crippen molar-refractivity contribution >= 4 is 11.9 Å². The van der Waals surface area contributed by atoms with Gasteiger partial charge >= 0.3 is 5.97 Å². The molecule has 1 fully saturated rings. The summed E-state index contributed by atoms with van der Waals surface area (Å²) < 4.78 is 0. The van der Waals surface area contributed by atoms with Crippen LogP contribution < -0.4 is 0 Å². The number of hydrogen-bond donors (Lipinski definition) is 1. The lowest BCUT2D eigenvalue weighted by Crippen LogP contribution is -2.47. The van der Waals surface area contributed by atoms with Crippen molar-refractivity contribution in [1.82, 2.24) is 4.90 Å². The second-order valence-electron chi connectivity index (χ2n) is 5.61. The van der Waals surface area contributed by atoms with Gasteiger partial charge in [0.2, 0.25) is 5.91 Å². The van der Waals surface area contributed by atoms with Gasteiger partial charge in [0.05, 0.1) is 5.92 Å². The van der Waals surface area contributed by atoms with Crippen LogP contribution in [0.3, 0.4) is 0 Å². The summed E-state index contributed by atoms with van der Waals surface area (Å²) in [5.74, 6) is -0.651. The fourth-order valence-corrected chi connectivity index (χ4v) is 2.67. The summed E-state index contributed by atoms with van der Waals surface area (Å²) in [6.07, 6.45) is 4.16. The molecule has 0 aromatic rings. The van der Waals surface area contributed by atoms with Crippen LogP contribution in [-0.2, 0) is 9.59 Å². The maximum Gasteiger partial charge on any atom is 0.308 e. The Morgan fingerprint density at radius 2 is 2.06 bits per heavy atom. The van der Waals surface area contributed by atoms with E-state index >= 15 is 0 Å². The van der Waals surface area contributed by atoms with Crippen molar-refractivity contribution in [2.24, 2.45) is 11.8 Å². The van der Waals surface area contributed by atoms with Gasteiger partial charge in [-0.3, -0.25) is 9.59 Å². The van der Waals surface area contributed by atoms with E-state index < -0.39 is 5.97 Å². The van der Waals surface area contributed by atoms with E-state index in [1.807, 2.05) is 6.92 Å². The Balaban J connectivity index is 2.56. The summed E-state index contributed by atoms with van der Waals surface area (Å²) in [6.45, 7) is 6.60. The summed E-state index contributed by atoms with van der Waals surface area (Å²) in [7, 11) is 0. The number of rotatable bonds is 5. The molecule has 18 heavy (non-hydrogen) atoms. The van der Waals surface area contributed by atoms with Gasteiger partial charge in [-0.1, -0.05) is 26.7 Å². The van der Waals surface area contributed by atoms with E-state index in [2.05, 4.69) is 13.8 Å². The van der Waals surface area contributed by atoms with Crippen LogP contribution in [0.5, 0.6) is 0 Å². The summed E-state index contributed by atoms with van der Waals surface area (Å²) in [4.78, 5) is 25.0. The van der Waals surface area contributed by atoms with Gasteiger partial charge in [-0.25, -0.2) is 0 Å². The van der Waals surface area contributed by atoms with Crippen molar-refractivity contribution in [3.8, 4) is 0 Å². The van der Waals surface area contributed by atoms with Crippen LogP contribution in [0.25, 0.3) is 0 Å². The van der Waals surface area contributed by atoms with Crippen molar-refractivity contribution in [1.29, 1.82) is 0 Å². The average molecular weight is 255 g/mol. The Kier molecular flexibility index (Phi) is 5.63. The molecule has 1 heterocycles. The van der Waals surface area contributed by atoms with Crippen LogP contribution in [0, 0.1) is 11.8 Å². The molecule has 3 unspecified atom stereocenters. The summed E-state index contributed by atoms with van der Waals surface area (Å²) in [5.41, 5.74) is 0. The molecule has 1 N–H and O–H groups in total. The molecule has 1 aliphatic rings. The number of carboxylic acids is 1. The molecule has 0 saturated carbocycles. The number of piperidine rings is 1. The fourth-order valence-electron chi connectivity index (χ4n) is 2.67. The van der Waals surface area contributed by atoms with Crippen molar-refractivity contribution < 1.29 is 14.7 Å². The van der Waals surface area contributed by atoms with Gasteiger partial charge in [0.15, 0.2) is 0 Å². The van der Waals surface area contributed by atoms with Gasteiger partial charge in [0.1, 0.15) is 0 Å². The largest absolute Gasteiger partial charge is 0.481 e. The van der Waals surface area contributed by atoms with Crippen molar-refractivity contribution in [2.45, 2.75) is 58.9 Å². The van der Waals surface area contributed by atoms with Crippen LogP contribution in [0.15, 0.2) is 0 Å². The highest BCUT2D eigenvalue weighted by Crippen LogP contribution is 2.24. The third-order valence-corrected chi connectivity index (χ3v) is 3.86. The molecule has 3 atom stereocenters. The number of hydrogen-bond acceptors (Lipinski definition) is 2. The number of nitrogens with zero attached hydrogens (tertiary/aromatic N) is 1. The molecule has 4 nitrogen and oxygen atoms in total. The van der Waals surface area contributed by atoms with Gasteiger partial charge in [-0.05, 0) is 25.7 Å². The highest BCUT2D eigenvalue weighted by molar-refractivity contribution is 5.78. The van der Waals surface area contributed by atoms with Gasteiger partial charge in [-0.15, -0.1) is 0 Å². The van der Waals surface area contributed by atoms with E-state index in [-0.39, 0.29) is 17.9 Å². The van der Waals surface area contributed by atoms with Gasteiger partial charge in [-0.2, -0.15) is 0 Å². The zero-order valence-electron chi connectivity index (χ0n) is 11.7. The maximum absolute atomic E-state index is 12.2. The molecule has 104 valence electrons. The molecular weight excluding hydrogens is 230 g/mol. The van der Waals surface area contributed by atoms with E-state index in [9.17, 15) is 9.59 Å². The second kappa shape index (κ2) is 6.76. The lowest BCUT2D eigenvalue weighted by molar-refractivity contribution is -0.147. The zero-order valence-corrected chi connectivity index (χ0v) is 11.7. The van der Waals surface area contributed by atoms with Gasteiger partial charge in [0.25, 0.3) is 0 Å². The fraction of sp³-hybridized carbons (Fsp3) is 0.857. The Labute approximate surface area is 109 Å². The van der Waals surface area contributed by atoms with E-state index in [1.165, 1.54) is 0 Å². The zero-order chi connectivity index (χ0) is 13.7. The SMILES string of the molecule is CCCC(C)CC(=O)N1CC(C(=O)O)CCC1C. The molecule has 0 radical (unpaired) electrons. The first-order valence-electron chi connectivity index (χ1n) is 6.98. The lowest BCUT2D eigenvalue weighted by Gasteiger charge is -2.37. The predicted molar refractivity (Wildman–Crippen MR) is 70.2 cm³/mol. The quantitative estimate of drug-likeness (QED) is 0.821. The minimum atomic E-state index is -0.777. The maximum atomic E-state index is 12.2. The first-order chi connectivity index (χ1) is 8.45. The van der Waals surface area contributed by atoms with Crippen LogP contribution in [0.2, 0.25) is 0 Å². The minimum absolute atomic E-state index is 0.120. The normalized spacial score (nSPS) is 25.8. The highest BCUT2D eigenvalue weighted by atomic mass is 16.4. The molecule has 0 aromatic carbocycles. The van der Waals surface area contributed by atoms with Gasteiger partial charge < -0.3 is 10.0 Å². The summed E-state index contributed by atoms with van der Waals surface area (Å²) in [6, 6.07) is 0.182. The number of carbonyl (C=O) groups is 2. The summed E-state index contributed by atoms with van der Waals surface area (Å²) >= 11 is 0. The van der Waals surface area contributed by atoms with E-state index in [1.54, 1.807) is 4.90 Å². The Hall–Kier alpha value is -1.06. The predicted octanol–water partition coefficient (Wildman–Crippen LogP) is 2.52. The molecule has 1 rings (SSSR count). The van der Waals surface area contributed by atoms with Crippen molar-refractivity contribution in [2.75, 3.05) is 6.54 Å². The second-order valence-corrected chi connectivity index (χ2v) is 5.61. The highest BCUT2D eigenvalue weighted by Gasteiger charge is 2.32. The molecule has 4 heteroatoms. The number of likely N-dealkylation sites (tertiary alicyclic amines) is 1. The third kappa shape index (κ3) is 4.00. The number of carbonyl (C=O) groups excluding carboxylic acids is 1. The molecular formula is C14H25NO3. The van der Waals surface area contributed by atoms with E-state index in [4.69, 9.17) is 5.11 Å². The van der Waals surface area contributed by atoms with Crippen LogP contribution in [-0.4, -0.2) is 34.5 Å². The van der Waals surface area contributed by atoms with E-state index in [0.29, 0.717) is 25.3 Å². The summed E-state index contributed by atoms with van der Waals surface area (Å²) in [5, 5.41) is 9.05. The lowest BCUT2D eigenvalue weighted by atomic mass is 9.92. The Morgan fingerprint density at radius 3 is 2.61 bits per heavy atom. The van der Waals surface area contributed by atoms with E-state index in [0.717, 1.165) is 19.3 Å². The van der Waals surface area contributed by atoms with Crippen LogP contribution >= 0.6 is 0 Å². The first-order valence-corrected chi connectivity index (χ1v) is 6.98. The van der Waals surface area contributed by atoms with Crippen LogP contribution in [0.4, 0.5) is 0 Å². The molecule has 0 aromatic heterocycles. The molecule has 1 aliphatic heterocycles. The van der Waals surface area contributed by atoms with Crippen LogP contribution in [0.1, 0.15) is 52.9 Å². The third-order valence-electron chi connectivity index (χ3n) is 3.86. The topological polar surface area (TPSA) is 57.6 Å². The molecule has 1 saturated heterocycles. The smallest absolute Gasteiger partial charge is 0.308 e. The molecule has 1 amide bonds.